The molecule has 0 radical (unpaired) electrons. The Labute approximate surface area is 189 Å². The first-order valence-corrected chi connectivity index (χ1v) is 11.8. The summed E-state index contributed by atoms with van der Waals surface area (Å²) >= 11 is 0. The van der Waals surface area contributed by atoms with Crippen molar-refractivity contribution in [3.63, 3.8) is 0 Å². The van der Waals surface area contributed by atoms with Gasteiger partial charge >= 0.3 is 0 Å². The number of likely N-dealkylation sites (tertiary alicyclic amines) is 1. The molecule has 1 N–H and O–H groups in total. The topological polar surface area (TPSA) is 54.5 Å². The average molecular weight is 430 g/mol. The average Bonchev–Trinajstić information content (AvgIpc) is 2.82. The zero-order valence-electron chi connectivity index (χ0n) is 18.8. The maximum Gasteiger partial charge on any atom is 0.224 e. The zero-order valence-corrected chi connectivity index (χ0v) is 18.8. The van der Waals surface area contributed by atoms with Crippen molar-refractivity contribution in [2.45, 2.75) is 39.0 Å². The summed E-state index contributed by atoms with van der Waals surface area (Å²) in [6.07, 6.45) is 4.77. The molecular weight excluding hydrogens is 398 g/mol. The quantitative estimate of drug-likeness (QED) is 0.614. The van der Waals surface area contributed by atoms with Crippen LogP contribution in [0.5, 0.6) is 5.75 Å². The molecule has 0 spiro atoms. The third-order valence-electron chi connectivity index (χ3n) is 6.87. The highest BCUT2D eigenvalue weighted by molar-refractivity contribution is 5.95. The van der Waals surface area contributed by atoms with E-state index in [1.54, 1.807) is 0 Å². The molecule has 32 heavy (non-hydrogen) atoms. The zero-order chi connectivity index (χ0) is 21.9. The highest BCUT2D eigenvalue weighted by Gasteiger charge is 2.22. The first-order chi connectivity index (χ1) is 15.7. The fourth-order valence-electron chi connectivity index (χ4n) is 4.96. The van der Waals surface area contributed by atoms with Crippen molar-refractivity contribution < 1.29 is 9.53 Å². The van der Waals surface area contributed by atoms with Crippen LogP contribution >= 0.6 is 0 Å². The van der Waals surface area contributed by atoms with Crippen molar-refractivity contribution in [2.24, 2.45) is 5.92 Å². The number of aromatic nitrogens is 1. The number of piperidine rings is 1. The van der Waals surface area contributed by atoms with Crippen molar-refractivity contribution in [3.8, 4) is 5.75 Å². The normalized spacial score (nSPS) is 17.2. The Morgan fingerprint density at radius 3 is 2.78 bits per heavy atom. The van der Waals surface area contributed by atoms with E-state index in [4.69, 9.17) is 9.72 Å². The Morgan fingerprint density at radius 1 is 1.06 bits per heavy atom. The molecule has 5 rings (SSSR count). The van der Waals surface area contributed by atoms with Gasteiger partial charge in [-0.25, -0.2) is 0 Å². The number of carbonyl (C=O) groups excluding carboxylic acids is 1. The summed E-state index contributed by atoms with van der Waals surface area (Å²) in [4.78, 5) is 19.1. The lowest BCUT2D eigenvalue weighted by Gasteiger charge is -2.32. The summed E-state index contributed by atoms with van der Waals surface area (Å²) in [5, 5.41) is 4.22. The standard InChI is InChI=1S/C27H31N3O2/c1-19-6-10-25(23-9-11-26(31)29-27(19)23)32-17-16-30-14-12-20(13-15-30)18-22-8-7-21-4-2-3-5-24(21)28-22/h2-8,10,20H,9,11-18H2,1H3,(H,29,31). The van der Waals surface area contributed by atoms with Crippen molar-refractivity contribution in [1.82, 2.24) is 9.88 Å². The monoisotopic (exact) mass is 429 g/mol. The number of ether oxygens (including phenoxy) is 1. The summed E-state index contributed by atoms with van der Waals surface area (Å²) in [5.74, 6) is 1.72. The van der Waals surface area contributed by atoms with Crippen LogP contribution in [0.15, 0.2) is 48.5 Å². The lowest BCUT2D eigenvalue weighted by atomic mass is 9.92. The van der Waals surface area contributed by atoms with E-state index in [-0.39, 0.29) is 5.91 Å². The van der Waals surface area contributed by atoms with E-state index in [9.17, 15) is 4.79 Å². The second kappa shape index (κ2) is 9.29. The Morgan fingerprint density at radius 2 is 1.91 bits per heavy atom. The highest BCUT2D eigenvalue weighted by Crippen LogP contribution is 2.34. The third kappa shape index (κ3) is 4.63. The first-order valence-electron chi connectivity index (χ1n) is 11.8. The Bertz CT molecular complexity index is 1120. The minimum absolute atomic E-state index is 0.0968. The van der Waals surface area contributed by atoms with E-state index < -0.39 is 0 Å². The maximum absolute atomic E-state index is 11.7. The Kier molecular flexibility index (Phi) is 6.08. The van der Waals surface area contributed by atoms with Gasteiger partial charge in [-0.1, -0.05) is 30.3 Å². The van der Waals surface area contributed by atoms with Crippen LogP contribution < -0.4 is 10.1 Å². The summed E-state index contributed by atoms with van der Waals surface area (Å²) in [5.41, 5.74) is 5.50. The van der Waals surface area contributed by atoms with Crippen LogP contribution in [-0.4, -0.2) is 42.0 Å². The minimum atomic E-state index is 0.0968. The lowest BCUT2D eigenvalue weighted by molar-refractivity contribution is -0.116. The number of amides is 1. The number of hydrogen-bond donors (Lipinski definition) is 1. The van der Waals surface area contributed by atoms with E-state index in [0.29, 0.717) is 18.9 Å². The van der Waals surface area contributed by atoms with Gasteiger partial charge in [0.25, 0.3) is 0 Å². The van der Waals surface area contributed by atoms with E-state index in [1.165, 1.54) is 23.9 Å². The molecule has 1 saturated heterocycles. The third-order valence-corrected chi connectivity index (χ3v) is 6.87. The maximum atomic E-state index is 11.7. The fraction of sp³-hybridized carbons (Fsp3) is 0.407. The molecule has 3 aromatic rings. The molecule has 0 aliphatic carbocycles. The highest BCUT2D eigenvalue weighted by atomic mass is 16.5. The van der Waals surface area contributed by atoms with Gasteiger partial charge in [0, 0.05) is 29.6 Å². The Hall–Kier alpha value is -2.92. The van der Waals surface area contributed by atoms with Crippen LogP contribution in [0.2, 0.25) is 0 Å². The van der Waals surface area contributed by atoms with Gasteiger partial charge in [-0.3, -0.25) is 14.7 Å². The van der Waals surface area contributed by atoms with Crippen molar-refractivity contribution >= 4 is 22.5 Å². The van der Waals surface area contributed by atoms with Gasteiger partial charge in [0.2, 0.25) is 5.91 Å². The van der Waals surface area contributed by atoms with Gasteiger partial charge in [-0.15, -0.1) is 0 Å². The molecule has 2 aliphatic rings. The molecule has 1 amide bonds. The second-order valence-electron chi connectivity index (χ2n) is 9.12. The number of anilines is 1. The number of hydrogen-bond acceptors (Lipinski definition) is 4. The number of nitrogens with zero attached hydrogens (tertiary/aromatic N) is 2. The van der Waals surface area contributed by atoms with Crippen LogP contribution in [-0.2, 0) is 17.6 Å². The molecule has 2 aromatic carbocycles. The number of rotatable bonds is 6. The van der Waals surface area contributed by atoms with Crippen molar-refractivity contribution in [2.75, 3.05) is 31.6 Å². The van der Waals surface area contributed by atoms with Gasteiger partial charge < -0.3 is 10.1 Å². The minimum Gasteiger partial charge on any atom is -0.492 e. The molecule has 1 aromatic heterocycles. The predicted molar refractivity (Wildman–Crippen MR) is 128 cm³/mol. The molecule has 5 nitrogen and oxygen atoms in total. The summed E-state index contributed by atoms with van der Waals surface area (Å²) in [7, 11) is 0. The van der Waals surface area contributed by atoms with Gasteiger partial charge in [0.05, 0.1) is 11.2 Å². The molecule has 5 heteroatoms. The first kappa shape index (κ1) is 21.0. The number of pyridine rings is 1. The van der Waals surface area contributed by atoms with Crippen molar-refractivity contribution in [1.29, 1.82) is 0 Å². The molecule has 0 bridgehead atoms. The van der Waals surface area contributed by atoms with Crippen LogP contribution in [0.4, 0.5) is 5.69 Å². The largest absolute Gasteiger partial charge is 0.492 e. The van der Waals surface area contributed by atoms with Crippen LogP contribution in [0, 0.1) is 12.8 Å². The van der Waals surface area contributed by atoms with Gasteiger partial charge in [0.15, 0.2) is 0 Å². The van der Waals surface area contributed by atoms with Crippen LogP contribution in [0.1, 0.15) is 36.1 Å². The molecule has 166 valence electrons. The SMILES string of the molecule is Cc1ccc(OCCN2CCC(Cc3ccc4ccccc4n3)CC2)c2c1NC(=O)CC2. The molecule has 0 unspecified atom stereocenters. The van der Waals surface area contributed by atoms with E-state index >= 15 is 0 Å². The van der Waals surface area contributed by atoms with E-state index in [2.05, 4.69) is 52.7 Å². The number of para-hydroxylation sites is 1. The van der Waals surface area contributed by atoms with Crippen LogP contribution in [0.25, 0.3) is 10.9 Å². The van der Waals surface area contributed by atoms with Gasteiger partial charge in [0.1, 0.15) is 12.4 Å². The molecule has 3 heterocycles. The summed E-state index contributed by atoms with van der Waals surface area (Å²) in [6.45, 7) is 5.88. The molecule has 0 atom stereocenters. The lowest BCUT2D eigenvalue weighted by Crippen LogP contribution is -2.37. The van der Waals surface area contributed by atoms with Crippen molar-refractivity contribution in [3.05, 3.63) is 65.4 Å². The number of nitrogens with one attached hydrogen (secondary N) is 1. The van der Waals surface area contributed by atoms with Crippen LogP contribution in [0.3, 0.4) is 0 Å². The van der Waals surface area contributed by atoms with Gasteiger partial charge in [-0.05, 0) is 75.4 Å². The summed E-state index contributed by atoms with van der Waals surface area (Å²) < 4.78 is 6.16. The number of carbonyl (C=O) groups is 1. The number of fused-ring (bicyclic) bond motifs is 2. The molecule has 0 saturated carbocycles. The number of benzene rings is 2. The summed E-state index contributed by atoms with van der Waals surface area (Å²) in [6, 6.07) is 16.8. The van der Waals surface area contributed by atoms with E-state index in [1.807, 2.05) is 13.0 Å². The Balaban J connectivity index is 1.10. The molecule has 1 fully saturated rings. The van der Waals surface area contributed by atoms with Gasteiger partial charge in [-0.2, -0.15) is 0 Å². The number of aryl methyl sites for hydroxylation is 1. The van der Waals surface area contributed by atoms with E-state index in [0.717, 1.165) is 60.6 Å². The molecular formula is C27H31N3O2. The molecule has 2 aliphatic heterocycles. The predicted octanol–water partition coefficient (Wildman–Crippen LogP) is 4.76. The smallest absolute Gasteiger partial charge is 0.224 e. The fourth-order valence-corrected chi connectivity index (χ4v) is 4.96. The second-order valence-corrected chi connectivity index (χ2v) is 9.12.